The van der Waals surface area contributed by atoms with Gasteiger partial charge in [0, 0.05) is 13.2 Å². The number of methoxy groups -OCH3 is 1. The maximum absolute atomic E-state index is 12.4. The summed E-state index contributed by atoms with van der Waals surface area (Å²) in [7, 11) is 1.65. The second-order valence-corrected chi connectivity index (χ2v) is 9.16. The van der Waals surface area contributed by atoms with Gasteiger partial charge in [0.1, 0.15) is 23.4 Å². The number of carbonyl (C=O) groups is 2. The Kier molecular flexibility index (Phi) is 8.10. The zero-order valence-electron chi connectivity index (χ0n) is 19.7. The van der Waals surface area contributed by atoms with Crippen molar-refractivity contribution in [1.82, 2.24) is 0 Å². The van der Waals surface area contributed by atoms with Crippen LogP contribution in [-0.4, -0.2) is 55.2 Å². The molecule has 0 aromatic rings. The van der Waals surface area contributed by atoms with E-state index in [0.717, 1.165) is 18.9 Å². The summed E-state index contributed by atoms with van der Waals surface area (Å²) in [5.41, 5.74) is 0.632. The van der Waals surface area contributed by atoms with E-state index < -0.39 is 11.9 Å². The molecule has 0 radical (unpaired) electrons. The summed E-state index contributed by atoms with van der Waals surface area (Å²) >= 11 is 0. The van der Waals surface area contributed by atoms with Gasteiger partial charge in [-0.15, -0.1) is 0 Å². The molecule has 0 aromatic carbocycles. The molecule has 7 heteroatoms. The van der Waals surface area contributed by atoms with Gasteiger partial charge < -0.3 is 28.8 Å². The third kappa shape index (κ3) is 6.31. The van der Waals surface area contributed by atoms with E-state index >= 15 is 0 Å². The van der Waals surface area contributed by atoms with Crippen LogP contribution in [0.1, 0.15) is 40.0 Å². The quantitative estimate of drug-likeness (QED) is 0.163. The zero-order chi connectivity index (χ0) is 24.1. The number of rotatable bonds is 10. The van der Waals surface area contributed by atoms with Gasteiger partial charge in [0.15, 0.2) is 0 Å². The predicted octanol–water partition coefficient (Wildman–Crippen LogP) is 2.58. The molecule has 7 nitrogen and oxygen atoms in total. The molecule has 0 amide bonds. The molecule has 1 unspecified atom stereocenters. The Hall–Kier alpha value is -2.48. The summed E-state index contributed by atoms with van der Waals surface area (Å²) < 4.78 is 23.7. The lowest BCUT2D eigenvalue weighted by atomic mass is 9.68. The van der Waals surface area contributed by atoms with Gasteiger partial charge in [-0.3, -0.25) is 0 Å². The smallest absolute Gasteiger partial charge is 0.331 e. The summed E-state index contributed by atoms with van der Waals surface area (Å²) in [4.78, 5) is 22.7. The number of allylic oxidation sites excluding steroid dienone is 7. The minimum Gasteiger partial charge on any atom is -0.545 e. The molecular weight excluding hydrogens is 424 g/mol. The molecule has 2 saturated heterocycles. The van der Waals surface area contributed by atoms with Crippen LogP contribution in [0.4, 0.5) is 0 Å². The van der Waals surface area contributed by atoms with Gasteiger partial charge in [0.25, 0.3) is 0 Å². The van der Waals surface area contributed by atoms with Crippen LogP contribution in [0.5, 0.6) is 0 Å². The monoisotopic (exact) mass is 457 g/mol. The van der Waals surface area contributed by atoms with Gasteiger partial charge in [-0.2, -0.15) is 0 Å². The highest BCUT2D eigenvalue weighted by molar-refractivity contribution is 5.82. The predicted molar refractivity (Wildman–Crippen MR) is 121 cm³/mol. The minimum atomic E-state index is -1.25. The van der Waals surface area contributed by atoms with Crippen molar-refractivity contribution in [3.8, 4) is 0 Å². The Morgan fingerprint density at radius 2 is 1.73 bits per heavy atom. The fourth-order valence-corrected chi connectivity index (χ4v) is 4.78. The van der Waals surface area contributed by atoms with E-state index in [4.69, 9.17) is 18.9 Å². The van der Waals surface area contributed by atoms with Crippen LogP contribution in [0, 0.1) is 5.92 Å². The molecule has 3 rings (SSSR count). The molecule has 3 fully saturated rings. The van der Waals surface area contributed by atoms with E-state index in [9.17, 15) is 14.7 Å². The van der Waals surface area contributed by atoms with Crippen LogP contribution < -0.4 is 5.11 Å². The number of carboxylic acid groups (broad SMARTS) is 1. The SMILES string of the molecule is CO[C@H]1[C@H](C2(C)O[C@@H]2CC=C(C)C)[C@]2(CC[C@H]1OC(=O)/C=C/C=C/C=C/C=C/C(=O)[O-])CO2. The van der Waals surface area contributed by atoms with E-state index in [2.05, 4.69) is 26.8 Å². The first-order chi connectivity index (χ1) is 15.7. The summed E-state index contributed by atoms with van der Waals surface area (Å²) in [6.07, 6.45) is 15.6. The van der Waals surface area contributed by atoms with Crippen LogP contribution in [0.3, 0.4) is 0 Å². The third-order valence-corrected chi connectivity index (χ3v) is 6.52. The van der Waals surface area contributed by atoms with Crippen molar-refractivity contribution in [2.75, 3.05) is 13.7 Å². The molecule has 6 atom stereocenters. The fourth-order valence-electron chi connectivity index (χ4n) is 4.78. The highest BCUT2D eigenvalue weighted by atomic mass is 16.6. The molecule has 0 N–H and O–H groups in total. The minimum absolute atomic E-state index is 0.0137. The first-order valence-corrected chi connectivity index (χ1v) is 11.3. The Morgan fingerprint density at radius 1 is 1.09 bits per heavy atom. The van der Waals surface area contributed by atoms with Crippen molar-refractivity contribution < 1.29 is 33.6 Å². The second-order valence-electron chi connectivity index (χ2n) is 9.16. The van der Waals surface area contributed by atoms with Gasteiger partial charge in [-0.05, 0) is 46.1 Å². The zero-order valence-corrected chi connectivity index (χ0v) is 19.7. The largest absolute Gasteiger partial charge is 0.545 e. The van der Waals surface area contributed by atoms with Crippen LogP contribution in [0.15, 0.2) is 60.3 Å². The third-order valence-electron chi connectivity index (χ3n) is 6.52. The summed E-state index contributed by atoms with van der Waals surface area (Å²) in [6, 6.07) is 0. The number of aliphatic carboxylic acids is 1. The molecule has 1 saturated carbocycles. The van der Waals surface area contributed by atoms with E-state index in [1.54, 1.807) is 37.5 Å². The average Bonchev–Trinajstić information content (AvgIpc) is 3.67. The van der Waals surface area contributed by atoms with Gasteiger partial charge in [0.2, 0.25) is 0 Å². The first kappa shape index (κ1) is 25.1. The van der Waals surface area contributed by atoms with Gasteiger partial charge in [-0.25, -0.2) is 4.79 Å². The van der Waals surface area contributed by atoms with Crippen molar-refractivity contribution in [2.45, 2.75) is 69.5 Å². The number of esters is 1. The fraction of sp³-hybridized carbons (Fsp3) is 0.538. The lowest BCUT2D eigenvalue weighted by molar-refractivity contribution is -0.297. The highest BCUT2D eigenvalue weighted by Gasteiger charge is 2.72. The molecule has 0 bridgehead atoms. The Bertz CT molecular complexity index is 873. The van der Waals surface area contributed by atoms with Crippen LogP contribution in [0.25, 0.3) is 0 Å². The maximum atomic E-state index is 12.4. The van der Waals surface area contributed by atoms with Crippen molar-refractivity contribution in [1.29, 1.82) is 0 Å². The number of carboxylic acids is 1. The molecule has 2 heterocycles. The van der Waals surface area contributed by atoms with E-state index in [1.165, 1.54) is 17.7 Å². The molecule has 0 aromatic heterocycles. The second kappa shape index (κ2) is 10.6. The molecule has 1 spiro atoms. The van der Waals surface area contributed by atoms with Crippen molar-refractivity contribution in [3.63, 3.8) is 0 Å². The van der Waals surface area contributed by atoms with Gasteiger partial charge in [-0.1, -0.05) is 48.1 Å². The van der Waals surface area contributed by atoms with Crippen LogP contribution in [0.2, 0.25) is 0 Å². The number of hydrogen-bond donors (Lipinski definition) is 0. The molecule has 3 aliphatic rings. The van der Waals surface area contributed by atoms with Crippen LogP contribution >= 0.6 is 0 Å². The summed E-state index contributed by atoms with van der Waals surface area (Å²) in [5.74, 6) is -1.71. The number of carbonyl (C=O) groups excluding carboxylic acids is 2. The Morgan fingerprint density at radius 3 is 2.30 bits per heavy atom. The number of hydrogen-bond acceptors (Lipinski definition) is 7. The summed E-state index contributed by atoms with van der Waals surface area (Å²) in [5, 5.41) is 10.3. The van der Waals surface area contributed by atoms with Crippen molar-refractivity contribution >= 4 is 11.9 Å². The van der Waals surface area contributed by atoms with Crippen LogP contribution in [-0.2, 0) is 28.5 Å². The van der Waals surface area contributed by atoms with Gasteiger partial charge >= 0.3 is 5.97 Å². The van der Waals surface area contributed by atoms with E-state index in [-0.39, 0.29) is 35.4 Å². The number of ether oxygens (including phenoxy) is 4. The molecule has 2 aliphatic heterocycles. The van der Waals surface area contributed by atoms with Gasteiger partial charge in [0.05, 0.1) is 24.6 Å². The summed E-state index contributed by atoms with van der Waals surface area (Å²) in [6.45, 7) is 6.95. The molecule has 1 aliphatic carbocycles. The van der Waals surface area contributed by atoms with Crippen molar-refractivity contribution in [3.05, 3.63) is 60.3 Å². The molecule has 180 valence electrons. The normalized spacial score (nSPS) is 35.6. The highest BCUT2D eigenvalue weighted by Crippen LogP contribution is 2.59. The lowest BCUT2D eigenvalue weighted by Crippen LogP contribution is -2.55. The average molecular weight is 458 g/mol. The Labute approximate surface area is 195 Å². The standard InChI is InChI=1S/C26H34O7/c1-18(2)13-14-20-25(3,33-20)24-23(30-4)19(15-16-26(24)17-31-26)32-22(29)12-10-8-6-5-7-9-11-21(27)28/h5-13,19-20,23-24H,14-17H2,1-4H3,(H,27,28)/p-1/b7-5+,8-6+,11-9+,12-10+/t19-,20-,23-,24-,25?,26+/m1/s1. The molecule has 33 heavy (non-hydrogen) atoms. The lowest BCUT2D eigenvalue weighted by Gasteiger charge is -2.42. The topological polar surface area (TPSA) is 101 Å². The maximum Gasteiger partial charge on any atom is 0.331 e. The number of epoxide rings is 2. The first-order valence-electron chi connectivity index (χ1n) is 11.3. The molecular formula is C26H33O7-. The Balaban J connectivity index is 1.59. The van der Waals surface area contributed by atoms with E-state index in [1.807, 2.05) is 0 Å². The van der Waals surface area contributed by atoms with E-state index in [0.29, 0.717) is 13.0 Å². The van der Waals surface area contributed by atoms with Crippen molar-refractivity contribution in [2.24, 2.45) is 5.92 Å².